The summed E-state index contributed by atoms with van der Waals surface area (Å²) in [5.41, 5.74) is 1.97. The van der Waals surface area contributed by atoms with E-state index in [9.17, 15) is 0 Å². The SMILES string of the molecule is COc1ccc(NCc2cc3ccccc3o2)cc1. The Morgan fingerprint density at radius 2 is 1.84 bits per heavy atom. The molecule has 3 heteroatoms. The lowest BCUT2D eigenvalue weighted by Crippen LogP contribution is -1.97. The van der Waals surface area contributed by atoms with Gasteiger partial charge in [0.2, 0.25) is 0 Å². The summed E-state index contributed by atoms with van der Waals surface area (Å²) in [4.78, 5) is 0. The van der Waals surface area contributed by atoms with Crippen molar-refractivity contribution in [3.8, 4) is 5.75 Å². The van der Waals surface area contributed by atoms with Crippen LogP contribution in [-0.2, 0) is 6.54 Å². The van der Waals surface area contributed by atoms with Crippen LogP contribution >= 0.6 is 0 Å². The van der Waals surface area contributed by atoms with E-state index in [4.69, 9.17) is 9.15 Å². The van der Waals surface area contributed by atoms with Crippen molar-refractivity contribution < 1.29 is 9.15 Å². The number of benzene rings is 2. The van der Waals surface area contributed by atoms with E-state index in [-0.39, 0.29) is 0 Å². The van der Waals surface area contributed by atoms with Crippen molar-refractivity contribution in [2.75, 3.05) is 12.4 Å². The fraction of sp³-hybridized carbons (Fsp3) is 0.125. The first-order valence-electron chi connectivity index (χ1n) is 6.20. The van der Waals surface area contributed by atoms with Gasteiger partial charge in [-0.1, -0.05) is 18.2 Å². The van der Waals surface area contributed by atoms with Crippen LogP contribution in [0.1, 0.15) is 5.76 Å². The zero-order chi connectivity index (χ0) is 13.1. The molecule has 0 amide bonds. The molecule has 3 nitrogen and oxygen atoms in total. The average molecular weight is 253 g/mol. The molecule has 0 aliphatic heterocycles. The van der Waals surface area contributed by atoms with Gasteiger partial charge in [-0.3, -0.25) is 0 Å². The summed E-state index contributed by atoms with van der Waals surface area (Å²) in [5, 5.41) is 4.46. The molecule has 0 saturated carbocycles. The van der Waals surface area contributed by atoms with Gasteiger partial charge < -0.3 is 14.5 Å². The predicted molar refractivity (Wildman–Crippen MR) is 76.5 cm³/mol. The molecule has 19 heavy (non-hydrogen) atoms. The van der Waals surface area contributed by atoms with Crippen LogP contribution in [-0.4, -0.2) is 7.11 Å². The van der Waals surface area contributed by atoms with Crippen LogP contribution < -0.4 is 10.1 Å². The van der Waals surface area contributed by atoms with Crippen LogP contribution in [0.25, 0.3) is 11.0 Å². The topological polar surface area (TPSA) is 34.4 Å². The Balaban J connectivity index is 1.70. The Morgan fingerprint density at radius 1 is 1.05 bits per heavy atom. The largest absolute Gasteiger partial charge is 0.497 e. The second kappa shape index (κ2) is 5.06. The lowest BCUT2D eigenvalue weighted by atomic mass is 10.2. The molecule has 0 spiro atoms. The number of methoxy groups -OCH3 is 1. The highest BCUT2D eigenvalue weighted by atomic mass is 16.5. The second-order valence-corrected chi connectivity index (χ2v) is 4.33. The smallest absolute Gasteiger partial charge is 0.134 e. The molecule has 1 N–H and O–H groups in total. The van der Waals surface area contributed by atoms with Crippen molar-refractivity contribution in [1.29, 1.82) is 0 Å². The molecule has 1 heterocycles. The Kier molecular flexibility index (Phi) is 3.11. The fourth-order valence-electron chi connectivity index (χ4n) is 2.02. The molecule has 3 aromatic rings. The maximum atomic E-state index is 5.75. The molecule has 0 unspecified atom stereocenters. The average Bonchev–Trinajstić information content (AvgIpc) is 2.88. The molecule has 0 fully saturated rings. The molecular formula is C16H15NO2. The third-order valence-corrected chi connectivity index (χ3v) is 3.03. The highest BCUT2D eigenvalue weighted by Crippen LogP contribution is 2.20. The van der Waals surface area contributed by atoms with Crippen LogP contribution in [0.4, 0.5) is 5.69 Å². The van der Waals surface area contributed by atoms with Crippen LogP contribution in [0.5, 0.6) is 5.75 Å². The third-order valence-electron chi connectivity index (χ3n) is 3.03. The predicted octanol–water partition coefficient (Wildman–Crippen LogP) is 4.05. The van der Waals surface area contributed by atoms with E-state index in [0.29, 0.717) is 6.54 Å². The van der Waals surface area contributed by atoms with Gasteiger partial charge >= 0.3 is 0 Å². The van der Waals surface area contributed by atoms with Gasteiger partial charge in [-0.25, -0.2) is 0 Å². The summed E-state index contributed by atoms with van der Waals surface area (Å²) in [6, 6.07) is 17.9. The maximum Gasteiger partial charge on any atom is 0.134 e. The van der Waals surface area contributed by atoms with Gasteiger partial charge in [0.15, 0.2) is 0 Å². The van der Waals surface area contributed by atoms with Gasteiger partial charge in [0.05, 0.1) is 13.7 Å². The lowest BCUT2D eigenvalue weighted by Gasteiger charge is -2.05. The summed E-state index contributed by atoms with van der Waals surface area (Å²) in [7, 11) is 1.66. The Labute approximate surface area is 111 Å². The normalized spacial score (nSPS) is 10.6. The zero-order valence-corrected chi connectivity index (χ0v) is 10.7. The fourth-order valence-corrected chi connectivity index (χ4v) is 2.02. The quantitative estimate of drug-likeness (QED) is 0.761. The minimum absolute atomic E-state index is 0.668. The van der Waals surface area contributed by atoms with E-state index < -0.39 is 0 Å². The number of fused-ring (bicyclic) bond motifs is 1. The first-order chi connectivity index (χ1) is 9.35. The minimum atomic E-state index is 0.668. The summed E-state index contributed by atoms with van der Waals surface area (Å²) >= 11 is 0. The van der Waals surface area contributed by atoms with Gasteiger partial charge in [-0.15, -0.1) is 0 Å². The highest BCUT2D eigenvalue weighted by molar-refractivity contribution is 5.77. The molecule has 2 aromatic carbocycles. The molecule has 0 radical (unpaired) electrons. The van der Waals surface area contributed by atoms with Crippen LogP contribution in [0.15, 0.2) is 59.0 Å². The number of furan rings is 1. The first kappa shape index (κ1) is 11.7. The van der Waals surface area contributed by atoms with Crippen molar-refractivity contribution in [3.63, 3.8) is 0 Å². The summed E-state index contributed by atoms with van der Waals surface area (Å²) in [6.07, 6.45) is 0. The Morgan fingerprint density at radius 3 is 2.58 bits per heavy atom. The second-order valence-electron chi connectivity index (χ2n) is 4.33. The van der Waals surface area contributed by atoms with Crippen molar-refractivity contribution in [2.45, 2.75) is 6.54 Å². The highest BCUT2D eigenvalue weighted by Gasteiger charge is 2.02. The molecule has 0 aliphatic rings. The molecule has 0 atom stereocenters. The van der Waals surface area contributed by atoms with E-state index in [0.717, 1.165) is 28.2 Å². The number of ether oxygens (including phenoxy) is 1. The number of anilines is 1. The molecule has 0 saturated heterocycles. The van der Waals surface area contributed by atoms with Gasteiger partial charge in [-0.2, -0.15) is 0 Å². The number of hydrogen-bond donors (Lipinski definition) is 1. The van der Waals surface area contributed by atoms with Crippen LogP contribution in [0.2, 0.25) is 0 Å². The minimum Gasteiger partial charge on any atom is -0.497 e. The number of hydrogen-bond acceptors (Lipinski definition) is 3. The summed E-state index contributed by atoms with van der Waals surface area (Å²) in [5.74, 6) is 1.78. The van der Waals surface area contributed by atoms with Crippen molar-refractivity contribution in [1.82, 2.24) is 0 Å². The maximum absolute atomic E-state index is 5.75. The van der Waals surface area contributed by atoms with E-state index in [1.807, 2.05) is 42.5 Å². The van der Waals surface area contributed by atoms with E-state index in [1.165, 1.54) is 0 Å². The van der Waals surface area contributed by atoms with Gasteiger partial charge in [0.25, 0.3) is 0 Å². The van der Waals surface area contributed by atoms with E-state index in [2.05, 4.69) is 17.4 Å². The summed E-state index contributed by atoms with van der Waals surface area (Å²) < 4.78 is 10.9. The monoisotopic (exact) mass is 253 g/mol. The first-order valence-corrected chi connectivity index (χ1v) is 6.20. The van der Waals surface area contributed by atoms with Gasteiger partial charge in [0, 0.05) is 11.1 Å². The van der Waals surface area contributed by atoms with Crippen LogP contribution in [0.3, 0.4) is 0 Å². The van der Waals surface area contributed by atoms with Gasteiger partial charge in [-0.05, 0) is 36.4 Å². The molecule has 0 bridgehead atoms. The van der Waals surface area contributed by atoms with Crippen molar-refractivity contribution in [3.05, 3.63) is 60.4 Å². The molecule has 1 aromatic heterocycles. The lowest BCUT2D eigenvalue weighted by molar-refractivity contribution is 0.415. The standard InChI is InChI=1S/C16H15NO2/c1-18-14-8-6-13(7-9-14)17-11-15-10-12-4-2-3-5-16(12)19-15/h2-10,17H,11H2,1H3. The number of rotatable bonds is 4. The van der Waals surface area contributed by atoms with Crippen LogP contribution in [0, 0.1) is 0 Å². The zero-order valence-electron chi connectivity index (χ0n) is 10.7. The summed E-state index contributed by atoms with van der Waals surface area (Å²) in [6.45, 7) is 0.668. The molecular weight excluding hydrogens is 238 g/mol. The number of para-hydroxylation sites is 1. The Bertz CT molecular complexity index is 638. The molecule has 96 valence electrons. The molecule has 0 aliphatic carbocycles. The van der Waals surface area contributed by atoms with Crippen molar-refractivity contribution >= 4 is 16.7 Å². The van der Waals surface area contributed by atoms with Gasteiger partial charge in [0.1, 0.15) is 17.1 Å². The Hall–Kier alpha value is -2.42. The van der Waals surface area contributed by atoms with E-state index >= 15 is 0 Å². The van der Waals surface area contributed by atoms with Crippen molar-refractivity contribution in [2.24, 2.45) is 0 Å². The third kappa shape index (κ3) is 2.55. The molecule has 3 rings (SSSR count). The number of nitrogens with one attached hydrogen (secondary N) is 1. The van der Waals surface area contributed by atoms with E-state index in [1.54, 1.807) is 7.11 Å².